The van der Waals surface area contributed by atoms with Gasteiger partial charge in [0, 0.05) is 0 Å². The fraction of sp³-hybridized carbons (Fsp3) is 1.00. The molecule has 0 amide bonds. The Hall–Kier alpha value is -0.0700. The van der Waals surface area contributed by atoms with E-state index in [1.54, 1.807) is 0 Å². The molecule has 0 aromatic carbocycles. The van der Waals surface area contributed by atoms with Gasteiger partial charge in [-0.1, -0.05) is 13.8 Å². The highest BCUT2D eigenvalue weighted by Gasteiger charge is 2.39. The molecule has 0 heterocycles. The predicted molar refractivity (Wildman–Crippen MR) is 32.5 cm³/mol. The van der Waals surface area contributed by atoms with Crippen LogP contribution in [-0.4, -0.2) is 5.67 Å². The van der Waals surface area contributed by atoms with Crippen LogP contribution in [0.25, 0.3) is 0 Å². The van der Waals surface area contributed by atoms with Crippen molar-refractivity contribution in [2.45, 2.75) is 38.8 Å². The summed E-state index contributed by atoms with van der Waals surface area (Å²) in [7, 11) is 0. The molecule has 8 heavy (non-hydrogen) atoms. The number of alkyl halides is 1. The molecule has 1 rings (SSSR count). The first-order valence-corrected chi connectivity index (χ1v) is 3.34. The summed E-state index contributed by atoms with van der Waals surface area (Å²) in [6.07, 6.45) is 2.68. The van der Waals surface area contributed by atoms with E-state index in [0.29, 0.717) is 0 Å². The first-order valence-electron chi connectivity index (χ1n) is 3.34. The minimum Gasteiger partial charge on any atom is -0.244 e. The van der Waals surface area contributed by atoms with E-state index in [9.17, 15) is 4.39 Å². The molecule has 0 unspecified atom stereocenters. The Labute approximate surface area is 50.1 Å². The molecule has 1 aliphatic carbocycles. The molecule has 0 N–H and O–H groups in total. The molecule has 1 fully saturated rings. The second kappa shape index (κ2) is 1.71. The van der Waals surface area contributed by atoms with Crippen LogP contribution in [0.4, 0.5) is 4.39 Å². The van der Waals surface area contributed by atoms with E-state index in [1.807, 2.05) is 13.8 Å². The summed E-state index contributed by atoms with van der Waals surface area (Å²) in [5.41, 5.74) is -0.778. The number of hydrogen-bond acceptors (Lipinski definition) is 0. The fourth-order valence-electron chi connectivity index (χ4n) is 1.09. The van der Waals surface area contributed by atoms with Crippen LogP contribution in [0.3, 0.4) is 0 Å². The lowest BCUT2D eigenvalue weighted by atomic mass is 9.74. The van der Waals surface area contributed by atoms with Crippen LogP contribution in [0.1, 0.15) is 33.1 Å². The largest absolute Gasteiger partial charge is 0.244 e. The Kier molecular flexibility index (Phi) is 1.30. The molecule has 1 heteroatoms. The standard InChI is InChI=1S/C7H13F/c1-6(2)7(8)4-3-5-7/h6H,3-5H2,1-2H3. The Bertz CT molecular complexity index is 82.4. The molecule has 0 bridgehead atoms. The zero-order chi connectivity index (χ0) is 6.20. The van der Waals surface area contributed by atoms with Crippen molar-refractivity contribution in [3.8, 4) is 0 Å². The van der Waals surface area contributed by atoms with Gasteiger partial charge in [0.2, 0.25) is 0 Å². The van der Waals surface area contributed by atoms with Crippen LogP contribution in [0, 0.1) is 5.92 Å². The smallest absolute Gasteiger partial charge is 0.113 e. The van der Waals surface area contributed by atoms with Gasteiger partial charge >= 0.3 is 0 Å². The van der Waals surface area contributed by atoms with Crippen LogP contribution in [-0.2, 0) is 0 Å². The van der Waals surface area contributed by atoms with Gasteiger partial charge in [-0.3, -0.25) is 0 Å². The Morgan fingerprint density at radius 3 is 1.88 bits per heavy atom. The highest BCUT2D eigenvalue weighted by molar-refractivity contribution is 4.90. The van der Waals surface area contributed by atoms with Crippen LogP contribution >= 0.6 is 0 Å². The van der Waals surface area contributed by atoms with E-state index < -0.39 is 5.67 Å². The van der Waals surface area contributed by atoms with Crippen molar-refractivity contribution < 1.29 is 4.39 Å². The maximum Gasteiger partial charge on any atom is 0.113 e. The molecule has 0 aliphatic heterocycles. The van der Waals surface area contributed by atoms with Gasteiger partial charge in [0.1, 0.15) is 5.67 Å². The van der Waals surface area contributed by atoms with Crippen molar-refractivity contribution in [2.75, 3.05) is 0 Å². The van der Waals surface area contributed by atoms with Gasteiger partial charge in [-0.2, -0.15) is 0 Å². The minimum absolute atomic E-state index is 0.233. The molecule has 0 saturated heterocycles. The topological polar surface area (TPSA) is 0 Å². The third-order valence-electron chi connectivity index (χ3n) is 2.22. The van der Waals surface area contributed by atoms with Gasteiger partial charge in [0.25, 0.3) is 0 Å². The van der Waals surface area contributed by atoms with E-state index in [2.05, 4.69) is 0 Å². The van der Waals surface area contributed by atoms with Gasteiger partial charge in [-0.05, 0) is 25.2 Å². The maximum absolute atomic E-state index is 13.0. The predicted octanol–water partition coefficient (Wildman–Crippen LogP) is 2.53. The highest BCUT2D eigenvalue weighted by atomic mass is 19.1. The second-order valence-corrected chi connectivity index (χ2v) is 3.04. The van der Waals surface area contributed by atoms with Crippen molar-refractivity contribution in [3.63, 3.8) is 0 Å². The third kappa shape index (κ3) is 0.743. The highest BCUT2D eigenvalue weighted by Crippen LogP contribution is 2.41. The zero-order valence-corrected chi connectivity index (χ0v) is 5.58. The molecule has 0 nitrogen and oxygen atoms in total. The minimum atomic E-state index is -0.778. The maximum atomic E-state index is 13.0. The Morgan fingerprint density at radius 1 is 1.38 bits per heavy atom. The number of halogens is 1. The fourth-order valence-corrected chi connectivity index (χ4v) is 1.09. The second-order valence-electron chi connectivity index (χ2n) is 3.04. The van der Waals surface area contributed by atoms with Crippen molar-refractivity contribution in [2.24, 2.45) is 5.92 Å². The summed E-state index contributed by atoms with van der Waals surface area (Å²) < 4.78 is 13.0. The van der Waals surface area contributed by atoms with Crippen molar-refractivity contribution >= 4 is 0 Å². The quantitative estimate of drug-likeness (QED) is 0.494. The summed E-state index contributed by atoms with van der Waals surface area (Å²) in [6.45, 7) is 3.92. The molecule has 0 spiro atoms. The first kappa shape index (κ1) is 6.06. The van der Waals surface area contributed by atoms with Crippen LogP contribution in [0.15, 0.2) is 0 Å². The van der Waals surface area contributed by atoms with E-state index in [1.165, 1.54) is 0 Å². The summed E-state index contributed by atoms with van der Waals surface area (Å²) >= 11 is 0. The first-order chi connectivity index (χ1) is 3.65. The monoisotopic (exact) mass is 116 g/mol. The average Bonchev–Trinajstić information content (AvgIpc) is 1.60. The van der Waals surface area contributed by atoms with Gasteiger partial charge in [0.05, 0.1) is 0 Å². The zero-order valence-electron chi connectivity index (χ0n) is 5.58. The molecule has 0 atom stereocenters. The van der Waals surface area contributed by atoms with E-state index in [-0.39, 0.29) is 5.92 Å². The third-order valence-corrected chi connectivity index (χ3v) is 2.22. The lowest BCUT2D eigenvalue weighted by Crippen LogP contribution is -2.37. The van der Waals surface area contributed by atoms with Gasteiger partial charge in [-0.15, -0.1) is 0 Å². The molecular formula is C7H13F. The van der Waals surface area contributed by atoms with Gasteiger partial charge < -0.3 is 0 Å². The van der Waals surface area contributed by atoms with Crippen molar-refractivity contribution in [1.29, 1.82) is 0 Å². The molecule has 48 valence electrons. The SMILES string of the molecule is CC(C)C1(F)CCC1. The van der Waals surface area contributed by atoms with Gasteiger partial charge in [-0.25, -0.2) is 4.39 Å². The van der Waals surface area contributed by atoms with Crippen LogP contribution in [0.2, 0.25) is 0 Å². The molecule has 0 aromatic rings. The normalized spacial score (nSPS) is 25.5. The summed E-state index contributed by atoms with van der Waals surface area (Å²) in [5.74, 6) is 0.233. The lowest BCUT2D eigenvalue weighted by Gasteiger charge is -2.37. The number of rotatable bonds is 1. The Morgan fingerprint density at radius 2 is 1.88 bits per heavy atom. The summed E-state index contributed by atoms with van der Waals surface area (Å²) in [5, 5.41) is 0. The molecule has 0 aromatic heterocycles. The van der Waals surface area contributed by atoms with Crippen molar-refractivity contribution in [1.82, 2.24) is 0 Å². The Balaban J connectivity index is 2.41. The average molecular weight is 116 g/mol. The lowest BCUT2D eigenvalue weighted by molar-refractivity contribution is 0.0145. The van der Waals surface area contributed by atoms with Crippen LogP contribution < -0.4 is 0 Å². The van der Waals surface area contributed by atoms with E-state index >= 15 is 0 Å². The molecule has 0 radical (unpaired) electrons. The summed E-state index contributed by atoms with van der Waals surface area (Å²) in [6, 6.07) is 0. The molecule has 1 aliphatic rings. The van der Waals surface area contributed by atoms with E-state index in [4.69, 9.17) is 0 Å². The number of hydrogen-bond donors (Lipinski definition) is 0. The van der Waals surface area contributed by atoms with Crippen molar-refractivity contribution in [3.05, 3.63) is 0 Å². The van der Waals surface area contributed by atoms with E-state index in [0.717, 1.165) is 19.3 Å². The van der Waals surface area contributed by atoms with Gasteiger partial charge in [0.15, 0.2) is 0 Å². The molecular weight excluding hydrogens is 103 g/mol. The van der Waals surface area contributed by atoms with Crippen LogP contribution in [0.5, 0.6) is 0 Å². The molecule has 1 saturated carbocycles. The summed E-state index contributed by atoms with van der Waals surface area (Å²) in [4.78, 5) is 0.